The molecule has 4 aromatic carbocycles. The van der Waals surface area contributed by atoms with Crippen LogP contribution >= 0.6 is 35.0 Å². The van der Waals surface area contributed by atoms with E-state index >= 15 is 0 Å². The van der Waals surface area contributed by atoms with Crippen molar-refractivity contribution in [1.29, 1.82) is 0 Å². The fourth-order valence-electron chi connectivity index (χ4n) is 5.35. The van der Waals surface area contributed by atoms with Gasteiger partial charge in [0.15, 0.2) is 0 Å². The molecule has 4 aromatic rings. The first-order valence-corrected chi connectivity index (χ1v) is 14.1. The average molecular weight is 571 g/mol. The Hall–Kier alpha value is -3.71. The number of hydrogen-bond acceptors (Lipinski definition) is 5. The maximum Gasteiger partial charge on any atom is 0.321 e. The smallest absolute Gasteiger partial charge is 0.321 e. The molecule has 1 amide bonds. The van der Waals surface area contributed by atoms with Gasteiger partial charge in [0.25, 0.3) is 5.24 Å². The molecule has 0 aliphatic carbocycles. The standard InChI is InChI=1S/C31H21Cl2N3O2S/c32-22-13-11-20(12-14-22)17-29-31(35(30(37)39-29)24-9-5-2-6-10-24)36-27(25-18-23(33)15-16-28(25)38-31)19-26(34-36)21-7-3-1-4-8-21/h1-18,27H,19H2/b29-17-. The summed E-state index contributed by atoms with van der Waals surface area (Å²) in [6, 6.07) is 32.6. The van der Waals surface area contributed by atoms with Gasteiger partial charge in [0.1, 0.15) is 5.75 Å². The van der Waals surface area contributed by atoms with Gasteiger partial charge in [-0.25, -0.2) is 9.91 Å². The largest absolute Gasteiger partial charge is 0.443 e. The number of para-hydroxylation sites is 1. The van der Waals surface area contributed by atoms with E-state index in [1.165, 1.54) is 0 Å². The number of benzene rings is 4. The van der Waals surface area contributed by atoms with Gasteiger partial charge < -0.3 is 4.74 Å². The highest BCUT2D eigenvalue weighted by molar-refractivity contribution is 8.17. The van der Waals surface area contributed by atoms with Gasteiger partial charge in [-0.1, -0.05) is 83.9 Å². The molecule has 0 bridgehead atoms. The van der Waals surface area contributed by atoms with Crippen LogP contribution in [0.25, 0.3) is 6.08 Å². The van der Waals surface area contributed by atoms with Crippen molar-refractivity contribution >= 4 is 57.7 Å². The van der Waals surface area contributed by atoms with Gasteiger partial charge in [0.2, 0.25) is 0 Å². The fraction of sp³-hybridized carbons (Fsp3) is 0.0968. The Bertz CT molecular complexity index is 1640. The summed E-state index contributed by atoms with van der Waals surface area (Å²) < 4.78 is 6.93. The molecular formula is C31H21Cl2N3O2S. The number of nitrogens with zero attached hydrogens (tertiary/aromatic N) is 3. The molecule has 39 heavy (non-hydrogen) atoms. The quantitative estimate of drug-likeness (QED) is 0.248. The minimum absolute atomic E-state index is 0.152. The van der Waals surface area contributed by atoms with E-state index in [0.29, 0.717) is 32.8 Å². The third-order valence-electron chi connectivity index (χ3n) is 7.10. The number of amides is 1. The highest BCUT2D eigenvalue weighted by Crippen LogP contribution is 2.57. The zero-order chi connectivity index (χ0) is 26.6. The predicted molar refractivity (Wildman–Crippen MR) is 158 cm³/mol. The second-order valence-electron chi connectivity index (χ2n) is 9.47. The molecule has 2 unspecified atom stereocenters. The highest BCUT2D eigenvalue weighted by atomic mass is 35.5. The van der Waals surface area contributed by atoms with Gasteiger partial charge in [-0.2, -0.15) is 5.10 Å². The van der Waals surface area contributed by atoms with Crippen LogP contribution in [0, 0.1) is 0 Å². The molecule has 1 saturated heterocycles. The molecule has 192 valence electrons. The molecule has 3 heterocycles. The molecule has 5 nitrogen and oxygen atoms in total. The molecule has 2 atom stereocenters. The van der Waals surface area contributed by atoms with Gasteiger partial charge in [-0.15, -0.1) is 0 Å². The van der Waals surface area contributed by atoms with Gasteiger partial charge in [-0.05, 0) is 71.4 Å². The molecule has 0 aromatic heterocycles. The number of halogens is 2. The lowest BCUT2D eigenvalue weighted by atomic mass is 9.95. The Morgan fingerprint density at radius 2 is 1.59 bits per heavy atom. The van der Waals surface area contributed by atoms with Crippen molar-refractivity contribution in [2.75, 3.05) is 4.90 Å². The summed E-state index contributed by atoms with van der Waals surface area (Å²) in [6.07, 6.45) is 2.62. The normalized spacial score (nSPS) is 22.6. The number of hydrazone groups is 1. The molecule has 1 fully saturated rings. The monoisotopic (exact) mass is 569 g/mol. The number of carbonyl (C=O) groups excluding carboxylic acids is 1. The summed E-state index contributed by atoms with van der Waals surface area (Å²) in [5, 5.41) is 8.23. The first kappa shape index (κ1) is 24.3. The summed E-state index contributed by atoms with van der Waals surface area (Å²) in [5.41, 5.74) is 4.49. The number of hydrogen-bond donors (Lipinski definition) is 0. The lowest BCUT2D eigenvalue weighted by molar-refractivity contribution is -0.0763. The van der Waals surface area contributed by atoms with Crippen LogP contribution in [0.4, 0.5) is 10.5 Å². The lowest BCUT2D eigenvalue weighted by Crippen LogP contribution is -2.63. The zero-order valence-corrected chi connectivity index (χ0v) is 22.8. The van der Waals surface area contributed by atoms with Gasteiger partial charge >= 0.3 is 5.85 Å². The number of fused-ring (bicyclic) bond motifs is 4. The third-order valence-corrected chi connectivity index (χ3v) is 8.55. The van der Waals surface area contributed by atoms with Crippen molar-refractivity contribution in [3.63, 3.8) is 0 Å². The van der Waals surface area contributed by atoms with Crippen molar-refractivity contribution < 1.29 is 9.53 Å². The Morgan fingerprint density at radius 3 is 2.33 bits per heavy atom. The van der Waals surface area contributed by atoms with E-state index in [1.54, 1.807) is 4.90 Å². The summed E-state index contributed by atoms with van der Waals surface area (Å²) in [6.45, 7) is 0. The predicted octanol–water partition coefficient (Wildman–Crippen LogP) is 8.61. The van der Waals surface area contributed by atoms with E-state index in [2.05, 4.69) is 12.1 Å². The molecule has 0 saturated carbocycles. The SMILES string of the molecule is O=C1S/C(=C\c2ccc(Cl)cc2)C2(Oc3ccc(Cl)cc3C3CC(c4ccccc4)=NN32)N1c1ccccc1. The van der Waals surface area contributed by atoms with Crippen LogP contribution in [-0.2, 0) is 0 Å². The summed E-state index contributed by atoms with van der Waals surface area (Å²) in [5.74, 6) is -0.673. The summed E-state index contributed by atoms with van der Waals surface area (Å²) >= 11 is 13.8. The van der Waals surface area contributed by atoms with Crippen LogP contribution < -0.4 is 9.64 Å². The fourth-order valence-corrected chi connectivity index (χ4v) is 6.72. The molecule has 0 N–H and O–H groups in total. The summed E-state index contributed by atoms with van der Waals surface area (Å²) in [7, 11) is 0. The van der Waals surface area contributed by atoms with Crippen LogP contribution in [0.5, 0.6) is 5.75 Å². The van der Waals surface area contributed by atoms with Crippen LogP contribution in [0.1, 0.15) is 29.2 Å². The van der Waals surface area contributed by atoms with Crippen LogP contribution in [0.3, 0.4) is 0 Å². The molecule has 0 radical (unpaired) electrons. The number of carbonyl (C=O) groups is 1. The minimum atomic E-state index is -1.34. The van der Waals surface area contributed by atoms with E-state index in [4.69, 9.17) is 33.0 Å². The number of rotatable bonds is 3. The number of ether oxygens (including phenoxy) is 1. The lowest BCUT2D eigenvalue weighted by Gasteiger charge is -2.49. The Kier molecular flexibility index (Phi) is 5.92. The van der Waals surface area contributed by atoms with Crippen molar-refractivity contribution in [1.82, 2.24) is 5.01 Å². The van der Waals surface area contributed by atoms with Crippen molar-refractivity contribution in [3.05, 3.63) is 135 Å². The topological polar surface area (TPSA) is 45.1 Å². The van der Waals surface area contributed by atoms with Gasteiger partial charge in [0.05, 0.1) is 22.3 Å². The molecule has 3 aliphatic rings. The van der Waals surface area contributed by atoms with E-state index in [1.807, 2.05) is 102 Å². The first-order chi connectivity index (χ1) is 19.0. The second kappa shape index (κ2) is 9.49. The highest BCUT2D eigenvalue weighted by Gasteiger charge is 2.63. The van der Waals surface area contributed by atoms with E-state index in [9.17, 15) is 4.79 Å². The first-order valence-electron chi connectivity index (χ1n) is 12.5. The second-order valence-corrected chi connectivity index (χ2v) is 11.3. The number of thioether (sulfide) groups is 1. The molecule has 8 heteroatoms. The van der Waals surface area contributed by atoms with Gasteiger partial charge in [-0.3, -0.25) is 4.79 Å². The Morgan fingerprint density at radius 1 is 0.897 bits per heavy atom. The van der Waals surface area contributed by atoms with Crippen molar-refractivity contribution in [3.8, 4) is 5.75 Å². The van der Waals surface area contributed by atoms with E-state index in [-0.39, 0.29) is 11.3 Å². The van der Waals surface area contributed by atoms with Crippen molar-refractivity contribution in [2.24, 2.45) is 5.10 Å². The molecular weight excluding hydrogens is 549 g/mol. The summed E-state index contributed by atoms with van der Waals surface area (Å²) in [4.78, 5) is 16.3. The average Bonchev–Trinajstić information content (AvgIpc) is 3.52. The van der Waals surface area contributed by atoms with Crippen LogP contribution in [0.15, 0.2) is 113 Å². The van der Waals surface area contributed by atoms with Gasteiger partial charge in [0, 0.05) is 22.0 Å². The van der Waals surface area contributed by atoms with E-state index < -0.39 is 5.85 Å². The van der Waals surface area contributed by atoms with Crippen molar-refractivity contribution in [2.45, 2.75) is 18.3 Å². The number of anilines is 1. The molecule has 7 rings (SSSR count). The molecule has 3 aliphatic heterocycles. The molecule has 1 spiro atoms. The third kappa shape index (κ3) is 4.02. The van der Waals surface area contributed by atoms with E-state index in [0.717, 1.165) is 34.2 Å². The minimum Gasteiger partial charge on any atom is -0.443 e. The van der Waals surface area contributed by atoms with Crippen LogP contribution in [-0.4, -0.2) is 21.8 Å². The maximum absolute atomic E-state index is 13.9. The Labute approximate surface area is 240 Å². The maximum atomic E-state index is 13.9. The van der Waals surface area contributed by atoms with Crippen LogP contribution in [0.2, 0.25) is 10.0 Å². The zero-order valence-electron chi connectivity index (χ0n) is 20.5. The Balaban J connectivity index is 1.49.